The van der Waals surface area contributed by atoms with Crippen LogP contribution in [-0.4, -0.2) is 12.0 Å². The zero-order valence-electron chi connectivity index (χ0n) is 11.5. The second-order valence-corrected chi connectivity index (χ2v) is 4.28. The van der Waals surface area contributed by atoms with Gasteiger partial charge in [0.1, 0.15) is 11.5 Å². The Kier molecular flexibility index (Phi) is 4.05. The Morgan fingerprint density at radius 2 is 1.90 bits per heavy atom. The largest absolute Gasteiger partial charge is 0.496 e. The summed E-state index contributed by atoms with van der Waals surface area (Å²) in [5, 5.41) is 20.0. The quantitative estimate of drug-likeness (QED) is 0.632. The number of ether oxygens (including phenoxy) is 2. The minimum absolute atomic E-state index is 0.116. The van der Waals surface area contributed by atoms with Crippen molar-refractivity contribution in [3.8, 4) is 23.3 Å². The van der Waals surface area contributed by atoms with Gasteiger partial charge in [-0.15, -0.1) is 0 Å². The molecule has 6 heteroatoms. The molecule has 0 aromatic heterocycles. The van der Waals surface area contributed by atoms with Crippen LogP contribution in [-0.2, 0) is 0 Å². The Balaban J connectivity index is 2.37. The highest BCUT2D eigenvalue weighted by molar-refractivity contribution is 5.53. The molecule has 0 saturated carbocycles. The van der Waals surface area contributed by atoms with Crippen LogP contribution in [0.4, 0.5) is 5.69 Å². The lowest BCUT2D eigenvalue weighted by Gasteiger charge is -2.08. The number of benzene rings is 2. The third kappa shape index (κ3) is 3.09. The molecule has 106 valence electrons. The summed E-state index contributed by atoms with van der Waals surface area (Å²) in [6, 6.07) is 11.3. The third-order valence-corrected chi connectivity index (χ3v) is 2.91. The first-order valence-electron chi connectivity index (χ1n) is 6.06. The van der Waals surface area contributed by atoms with Crippen LogP contribution in [0.25, 0.3) is 0 Å². The lowest BCUT2D eigenvalue weighted by molar-refractivity contribution is -0.385. The lowest BCUT2D eigenvalue weighted by atomic mass is 10.1. The summed E-state index contributed by atoms with van der Waals surface area (Å²) in [6.45, 7) is 1.77. The number of nitro groups is 1. The average Bonchev–Trinajstić information content (AvgIpc) is 2.47. The zero-order chi connectivity index (χ0) is 15.4. The Morgan fingerprint density at radius 1 is 1.19 bits per heavy atom. The van der Waals surface area contributed by atoms with Crippen molar-refractivity contribution in [1.29, 1.82) is 5.26 Å². The van der Waals surface area contributed by atoms with Crippen molar-refractivity contribution in [1.82, 2.24) is 0 Å². The van der Waals surface area contributed by atoms with Crippen molar-refractivity contribution in [3.63, 3.8) is 0 Å². The number of nitrogens with zero attached hydrogens (tertiary/aromatic N) is 2. The van der Waals surface area contributed by atoms with E-state index in [1.807, 2.05) is 0 Å². The van der Waals surface area contributed by atoms with Crippen molar-refractivity contribution in [3.05, 3.63) is 57.6 Å². The van der Waals surface area contributed by atoms with Crippen LogP contribution in [0.5, 0.6) is 17.2 Å². The summed E-state index contributed by atoms with van der Waals surface area (Å²) in [5.74, 6) is 0.926. The summed E-state index contributed by atoms with van der Waals surface area (Å²) in [6.07, 6.45) is 0. The normalized spacial score (nSPS) is 9.76. The molecule has 0 spiro atoms. The van der Waals surface area contributed by atoms with E-state index in [4.69, 9.17) is 14.7 Å². The molecule has 2 rings (SSSR count). The summed E-state index contributed by atoms with van der Waals surface area (Å²) >= 11 is 0. The first-order chi connectivity index (χ1) is 10.0. The van der Waals surface area contributed by atoms with Crippen molar-refractivity contribution in [2.24, 2.45) is 0 Å². The molecule has 2 aromatic carbocycles. The topological polar surface area (TPSA) is 85.4 Å². The summed E-state index contributed by atoms with van der Waals surface area (Å²) in [5.41, 5.74) is 1.09. The molecule has 0 aliphatic heterocycles. The van der Waals surface area contributed by atoms with Gasteiger partial charge in [0.2, 0.25) is 5.75 Å². The smallest absolute Gasteiger partial charge is 0.315 e. The van der Waals surface area contributed by atoms with E-state index in [9.17, 15) is 10.1 Å². The highest BCUT2D eigenvalue weighted by atomic mass is 16.6. The number of hydrogen-bond donors (Lipinski definition) is 0. The Bertz CT molecular complexity index is 735. The van der Waals surface area contributed by atoms with E-state index >= 15 is 0 Å². The van der Waals surface area contributed by atoms with E-state index in [1.54, 1.807) is 31.2 Å². The van der Waals surface area contributed by atoms with Gasteiger partial charge in [-0.3, -0.25) is 10.1 Å². The van der Waals surface area contributed by atoms with Gasteiger partial charge in [-0.25, -0.2) is 0 Å². The second-order valence-electron chi connectivity index (χ2n) is 4.28. The number of nitro benzene ring substituents is 1. The molecular weight excluding hydrogens is 272 g/mol. The number of aryl methyl sites for hydroxylation is 1. The molecule has 0 aliphatic rings. The molecule has 2 aromatic rings. The van der Waals surface area contributed by atoms with Crippen LogP contribution in [0.2, 0.25) is 0 Å². The van der Waals surface area contributed by atoms with Gasteiger partial charge >= 0.3 is 5.69 Å². The Morgan fingerprint density at radius 3 is 2.48 bits per heavy atom. The molecule has 0 unspecified atom stereocenters. The predicted octanol–water partition coefficient (Wildman–Crippen LogP) is 3.58. The number of methoxy groups -OCH3 is 1. The van der Waals surface area contributed by atoms with Crippen LogP contribution in [0.15, 0.2) is 36.4 Å². The highest BCUT2D eigenvalue weighted by Gasteiger charge is 2.17. The molecule has 6 nitrogen and oxygen atoms in total. The number of hydrogen-bond acceptors (Lipinski definition) is 5. The maximum absolute atomic E-state index is 11.1. The Hall–Kier alpha value is -3.07. The third-order valence-electron chi connectivity index (χ3n) is 2.91. The first-order valence-corrected chi connectivity index (χ1v) is 6.06. The van der Waals surface area contributed by atoms with E-state index in [0.29, 0.717) is 17.1 Å². The zero-order valence-corrected chi connectivity index (χ0v) is 11.5. The van der Waals surface area contributed by atoms with E-state index in [2.05, 4.69) is 6.07 Å². The van der Waals surface area contributed by atoms with E-state index < -0.39 is 4.92 Å². The molecule has 0 saturated heterocycles. The minimum atomic E-state index is -0.533. The van der Waals surface area contributed by atoms with Crippen LogP contribution in [0.3, 0.4) is 0 Å². The van der Waals surface area contributed by atoms with Gasteiger partial charge in [0.15, 0.2) is 0 Å². The summed E-state index contributed by atoms with van der Waals surface area (Å²) in [4.78, 5) is 10.5. The van der Waals surface area contributed by atoms with E-state index in [-0.39, 0.29) is 11.4 Å². The SMILES string of the molecule is COc1ccc(Oc2ccc(C#N)c(C)c2)c([N+](=O)[O-])c1. The van der Waals surface area contributed by atoms with Crippen molar-refractivity contribution < 1.29 is 14.4 Å². The van der Waals surface area contributed by atoms with Gasteiger partial charge in [0.25, 0.3) is 0 Å². The number of rotatable bonds is 4. The maximum Gasteiger partial charge on any atom is 0.315 e. The molecule has 0 amide bonds. The summed E-state index contributed by atoms with van der Waals surface area (Å²) < 4.78 is 10.5. The second kappa shape index (κ2) is 5.92. The lowest BCUT2D eigenvalue weighted by Crippen LogP contribution is -1.95. The van der Waals surface area contributed by atoms with Crippen LogP contribution in [0.1, 0.15) is 11.1 Å². The predicted molar refractivity (Wildman–Crippen MR) is 75.6 cm³/mol. The van der Waals surface area contributed by atoms with Gasteiger partial charge < -0.3 is 9.47 Å². The molecule has 0 N–H and O–H groups in total. The molecule has 0 heterocycles. The minimum Gasteiger partial charge on any atom is -0.496 e. The fourth-order valence-electron chi connectivity index (χ4n) is 1.81. The molecule has 0 atom stereocenters. The highest BCUT2D eigenvalue weighted by Crippen LogP contribution is 2.34. The molecular formula is C15H12N2O4. The van der Waals surface area contributed by atoms with Gasteiger partial charge in [0.05, 0.1) is 29.7 Å². The van der Waals surface area contributed by atoms with Gasteiger partial charge in [0, 0.05) is 0 Å². The van der Waals surface area contributed by atoms with Crippen LogP contribution >= 0.6 is 0 Å². The van der Waals surface area contributed by atoms with Gasteiger partial charge in [-0.1, -0.05) is 0 Å². The molecule has 0 aliphatic carbocycles. The van der Waals surface area contributed by atoms with Gasteiger partial charge in [-0.05, 0) is 42.8 Å². The fourth-order valence-corrected chi connectivity index (χ4v) is 1.81. The molecule has 0 bridgehead atoms. The van der Waals surface area contributed by atoms with Crippen molar-refractivity contribution in [2.45, 2.75) is 6.92 Å². The average molecular weight is 284 g/mol. The van der Waals surface area contributed by atoms with E-state index in [1.165, 1.54) is 19.2 Å². The standard InChI is InChI=1S/C15H12N2O4/c1-10-7-13(4-3-11(10)9-16)21-15-6-5-12(20-2)8-14(15)17(18)19/h3-8H,1-2H3. The van der Waals surface area contributed by atoms with Gasteiger partial charge in [-0.2, -0.15) is 5.26 Å². The monoisotopic (exact) mass is 284 g/mol. The fraction of sp³-hybridized carbons (Fsp3) is 0.133. The molecule has 0 fully saturated rings. The van der Waals surface area contributed by atoms with Crippen LogP contribution in [0, 0.1) is 28.4 Å². The number of nitriles is 1. The van der Waals surface area contributed by atoms with Crippen molar-refractivity contribution >= 4 is 5.69 Å². The van der Waals surface area contributed by atoms with Crippen LogP contribution < -0.4 is 9.47 Å². The first kappa shape index (κ1) is 14.3. The maximum atomic E-state index is 11.1. The van der Waals surface area contributed by atoms with Crippen molar-refractivity contribution in [2.75, 3.05) is 7.11 Å². The molecule has 0 radical (unpaired) electrons. The summed E-state index contributed by atoms with van der Waals surface area (Å²) in [7, 11) is 1.43. The Labute approximate surface area is 121 Å². The molecule has 21 heavy (non-hydrogen) atoms. The van der Waals surface area contributed by atoms with E-state index in [0.717, 1.165) is 5.56 Å².